The number of hydroxylamine groups is 2. The van der Waals surface area contributed by atoms with Crippen LogP contribution in [0.5, 0.6) is 0 Å². The van der Waals surface area contributed by atoms with Gasteiger partial charge in [-0.3, -0.25) is 9.63 Å². The molecule has 0 spiro atoms. The molecule has 0 saturated carbocycles. The number of rotatable bonds is 2. The summed E-state index contributed by atoms with van der Waals surface area (Å²) in [7, 11) is 0. The molecule has 1 amide bonds. The van der Waals surface area contributed by atoms with Crippen molar-refractivity contribution in [3.05, 3.63) is 28.1 Å². The fraction of sp³-hybridized carbons (Fsp3) is 0.429. The van der Waals surface area contributed by atoms with Crippen LogP contribution in [0.15, 0.2) is 21.0 Å². The fourth-order valence-corrected chi connectivity index (χ4v) is 2.65. The number of halogens is 1. The van der Waals surface area contributed by atoms with Crippen molar-refractivity contribution in [3.63, 3.8) is 0 Å². The summed E-state index contributed by atoms with van der Waals surface area (Å²) in [5.74, 6) is 0.625. The maximum absolute atomic E-state index is 12.2. The quantitative estimate of drug-likeness (QED) is 0.843. The molecule has 5 nitrogen and oxygen atoms in total. The molecule has 2 aromatic rings. The molecule has 20 heavy (non-hydrogen) atoms. The number of carbonyl (C=O) groups is 1. The summed E-state index contributed by atoms with van der Waals surface area (Å²) >= 11 is 3.50. The number of carbonyl (C=O) groups excluding carboxylic acids is 1. The first kappa shape index (κ1) is 13.6. The Balaban J connectivity index is 1.91. The zero-order valence-corrected chi connectivity index (χ0v) is 13.2. The van der Waals surface area contributed by atoms with Gasteiger partial charge in [-0.15, -0.1) is 0 Å². The van der Waals surface area contributed by atoms with Crippen LogP contribution in [0.25, 0.3) is 11.1 Å². The number of fused-ring (bicyclic) bond motifs is 1. The van der Waals surface area contributed by atoms with Gasteiger partial charge in [-0.25, -0.2) is 10.0 Å². The lowest BCUT2D eigenvalue weighted by Gasteiger charge is -2.17. The lowest BCUT2D eigenvalue weighted by Crippen LogP contribution is -2.30. The summed E-state index contributed by atoms with van der Waals surface area (Å²) in [6.45, 7) is 6.38. The van der Waals surface area contributed by atoms with E-state index in [9.17, 15) is 4.79 Å². The van der Waals surface area contributed by atoms with Gasteiger partial charge < -0.3 is 4.42 Å². The van der Waals surface area contributed by atoms with Crippen molar-refractivity contribution in [1.82, 2.24) is 10.0 Å². The van der Waals surface area contributed by atoms with Gasteiger partial charge in [0.15, 0.2) is 11.5 Å². The summed E-state index contributed by atoms with van der Waals surface area (Å²) in [4.78, 5) is 21.9. The highest BCUT2D eigenvalue weighted by atomic mass is 79.9. The lowest BCUT2D eigenvalue weighted by molar-refractivity contribution is -0.165. The number of hydrogen-bond acceptors (Lipinski definition) is 4. The molecular weight excluding hydrogens is 324 g/mol. The van der Waals surface area contributed by atoms with Crippen molar-refractivity contribution in [2.75, 3.05) is 6.61 Å². The maximum Gasteiger partial charge on any atom is 0.254 e. The Hall–Kier alpha value is -1.40. The third-order valence-electron chi connectivity index (χ3n) is 3.36. The number of nitrogens with zero attached hydrogens (tertiary/aromatic N) is 2. The van der Waals surface area contributed by atoms with E-state index in [-0.39, 0.29) is 5.91 Å². The second-order valence-corrected chi connectivity index (χ2v) is 6.50. The van der Waals surface area contributed by atoms with Crippen LogP contribution in [-0.2, 0) is 16.2 Å². The van der Waals surface area contributed by atoms with E-state index in [0.29, 0.717) is 19.0 Å². The predicted molar refractivity (Wildman–Crippen MR) is 76.7 cm³/mol. The molecule has 1 saturated heterocycles. The maximum atomic E-state index is 12.2. The average molecular weight is 339 g/mol. The van der Waals surface area contributed by atoms with Crippen LogP contribution in [0, 0.1) is 12.3 Å². The zero-order valence-electron chi connectivity index (χ0n) is 11.6. The van der Waals surface area contributed by atoms with Crippen molar-refractivity contribution < 1.29 is 14.0 Å². The summed E-state index contributed by atoms with van der Waals surface area (Å²) in [5, 5.41) is 1.42. The van der Waals surface area contributed by atoms with E-state index < -0.39 is 5.41 Å². The van der Waals surface area contributed by atoms with Gasteiger partial charge in [-0.05, 0) is 31.5 Å². The van der Waals surface area contributed by atoms with Gasteiger partial charge in [0.1, 0.15) is 5.52 Å². The van der Waals surface area contributed by atoms with Crippen molar-refractivity contribution >= 4 is 32.9 Å². The Morgan fingerprint density at radius 3 is 2.85 bits per heavy atom. The van der Waals surface area contributed by atoms with Gasteiger partial charge >= 0.3 is 0 Å². The number of oxazole rings is 1. The molecule has 2 heterocycles. The van der Waals surface area contributed by atoms with E-state index >= 15 is 0 Å². The second kappa shape index (κ2) is 4.56. The molecule has 0 radical (unpaired) electrons. The molecule has 0 atom stereocenters. The standard InChI is InChI=1S/C14H15BrN2O3/c1-8-16-11-4-9(10(15)5-12(11)20-8)6-17-13(18)14(2,3)7-19-17/h4-5H,6-7H2,1-3H3. The highest BCUT2D eigenvalue weighted by Crippen LogP contribution is 2.31. The Labute approximate surface area is 125 Å². The van der Waals surface area contributed by atoms with Crippen molar-refractivity contribution in [2.24, 2.45) is 5.41 Å². The van der Waals surface area contributed by atoms with E-state index in [0.717, 1.165) is 21.1 Å². The largest absolute Gasteiger partial charge is 0.441 e. The van der Waals surface area contributed by atoms with Gasteiger partial charge in [-0.1, -0.05) is 15.9 Å². The van der Waals surface area contributed by atoms with E-state index in [2.05, 4.69) is 20.9 Å². The molecule has 106 valence electrons. The monoisotopic (exact) mass is 338 g/mol. The molecule has 6 heteroatoms. The van der Waals surface area contributed by atoms with Crippen LogP contribution >= 0.6 is 15.9 Å². The first-order valence-electron chi connectivity index (χ1n) is 6.37. The molecule has 1 aliphatic heterocycles. The lowest BCUT2D eigenvalue weighted by atomic mass is 9.95. The molecule has 1 aromatic heterocycles. The second-order valence-electron chi connectivity index (χ2n) is 5.64. The van der Waals surface area contributed by atoms with Gasteiger partial charge in [0, 0.05) is 11.4 Å². The minimum absolute atomic E-state index is 0.000769. The first-order chi connectivity index (χ1) is 9.37. The van der Waals surface area contributed by atoms with Gasteiger partial charge in [-0.2, -0.15) is 0 Å². The van der Waals surface area contributed by atoms with Crippen LogP contribution in [0.4, 0.5) is 0 Å². The number of benzene rings is 1. The Morgan fingerprint density at radius 1 is 1.45 bits per heavy atom. The minimum Gasteiger partial charge on any atom is -0.441 e. The summed E-state index contributed by atoms with van der Waals surface area (Å²) in [6, 6.07) is 3.79. The van der Waals surface area contributed by atoms with Crippen LogP contribution in [0.1, 0.15) is 25.3 Å². The van der Waals surface area contributed by atoms with Gasteiger partial charge in [0.2, 0.25) is 0 Å². The van der Waals surface area contributed by atoms with E-state index in [4.69, 9.17) is 9.25 Å². The van der Waals surface area contributed by atoms with Gasteiger partial charge in [0.05, 0.1) is 18.6 Å². The summed E-state index contributed by atoms with van der Waals surface area (Å²) in [6.07, 6.45) is 0. The van der Waals surface area contributed by atoms with E-state index in [1.807, 2.05) is 32.9 Å². The summed E-state index contributed by atoms with van der Waals surface area (Å²) < 4.78 is 6.35. The molecule has 1 aliphatic rings. The minimum atomic E-state index is -0.457. The predicted octanol–water partition coefficient (Wildman–Crippen LogP) is 3.20. The van der Waals surface area contributed by atoms with Gasteiger partial charge in [0.25, 0.3) is 5.91 Å². The molecule has 0 aliphatic carbocycles. The average Bonchev–Trinajstić information content (AvgIpc) is 2.83. The topological polar surface area (TPSA) is 55.6 Å². The molecule has 1 fully saturated rings. The highest BCUT2D eigenvalue weighted by molar-refractivity contribution is 9.10. The van der Waals surface area contributed by atoms with Crippen LogP contribution in [-0.4, -0.2) is 22.6 Å². The molecule has 1 aromatic carbocycles. The molecular formula is C14H15BrN2O3. The van der Waals surface area contributed by atoms with Crippen molar-refractivity contribution in [3.8, 4) is 0 Å². The molecule has 0 unspecified atom stereocenters. The van der Waals surface area contributed by atoms with Crippen LogP contribution < -0.4 is 0 Å². The third-order valence-corrected chi connectivity index (χ3v) is 4.10. The van der Waals surface area contributed by atoms with E-state index in [1.54, 1.807) is 0 Å². The van der Waals surface area contributed by atoms with Crippen LogP contribution in [0.2, 0.25) is 0 Å². The fourth-order valence-electron chi connectivity index (χ4n) is 2.20. The smallest absolute Gasteiger partial charge is 0.254 e. The molecule has 0 bridgehead atoms. The Morgan fingerprint density at radius 2 is 2.20 bits per heavy atom. The number of hydrogen-bond donors (Lipinski definition) is 0. The number of amides is 1. The Bertz CT molecular complexity index is 693. The molecule has 0 N–H and O–H groups in total. The third kappa shape index (κ3) is 2.23. The normalized spacial score (nSPS) is 18.2. The number of aromatic nitrogens is 1. The summed E-state index contributed by atoms with van der Waals surface area (Å²) in [5.41, 5.74) is 2.00. The SMILES string of the molecule is Cc1nc2cc(CN3OCC(C)(C)C3=O)c(Br)cc2o1. The number of aryl methyl sites for hydroxylation is 1. The van der Waals surface area contributed by atoms with E-state index in [1.165, 1.54) is 5.06 Å². The molecule has 3 rings (SSSR count). The van der Waals surface area contributed by atoms with Crippen molar-refractivity contribution in [2.45, 2.75) is 27.3 Å². The van der Waals surface area contributed by atoms with Crippen LogP contribution in [0.3, 0.4) is 0 Å². The van der Waals surface area contributed by atoms with Crippen molar-refractivity contribution in [1.29, 1.82) is 0 Å². The first-order valence-corrected chi connectivity index (χ1v) is 7.16. The Kier molecular flexibility index (Phi) is 3.10. The zero-order chi connectivity index (χ0) is 14.5. The highest BCUT2D eigenvalue weighted by Gasteiger charge is 2.40.